The highest BCUT2D eigenvalue weighted by Gasteiger charge is 2.17. The molecule has 2 rings (SSSR count). The minimum Gasteiger partial charge on any atom is -0.383 e. The van der Waals surface area contributed by atoms with Crippen molar-refractivity contribution in [2.75, 3.05) is 5.73 Å². The number of hydrogen-bond acceptors (Lipinski definition) is 3. The fourth-order valence-electron chi connectivity index (χ4n) is 2.38. The number of nitrogens with zero attached hydrogens (tertiary/aromatic N) is 3. The van der Waals surface area contributed by atoms with E-state index in [0.717, 1.165) is 29.9 Å². The van der Waals surface area contributed by atoms with Crippen LogP contribution in [0.15, 0.2) is 24.3 Å². The average molecular weight is 268 g/mol. The Kier molecular flexibility index (Phi) is 4.09. The maximum atomic E-state index is 8.85. The van der Waals surface area contributed by atoms with E-state index < -0.39 is 0 Å². The number of nitriles is 1. The molecule has 2 aromatic rings. The number of rotatable bonds is 4. The summed E-state index contributed by atoms with van der Waals surface area (Å²) in [6.45, 7) is 6.36. The van der Waals surface area contributed by atoms with Crippen LogP contribution < -0.4 is 5.73 Å². The lowest BCUT2D eigenvalue weighted by Crippen LogP contribution is -2.09. The molecule has 0 unspecified atom stereocenters. The molecule has 0 saturated carbocycles. The van der Waals surface area contributed by atoms with Gasteiger partial charge in [0, 0.05) is 18.0 Å². The molecule has 0 aliphatic heterocycles. The first-order valence-corrected chi connectivity index (χ1v) is 6.95. The first kappa shape index (κ1) is 14.1. The first-order chi connectivity index (χ1) is 9.58. The minimum atomic E-state index is 0.288. The van der Waals surface area contributed by atoms with Gasteiger partial charge in [-0.3, -0.25) is 0 Å². The Morgan fingerprint density at radius 2 is 1.95 bits per heavy atom. The second-order valence-electron chi connectivity index (χ2n) is 5.16. The molecule has 0 fully saturated rings. The van der Waals surface area contributed by atoms with Crippen LogP contribution in [0.25, 0.3) is 11.3 Å². The van der Waals surface area contributed by atoms with Crippen LogP contribution in [0.2, 0.25) is 0 Å². The number of aryl methyl sites for hydroxylation is 1. The van der Waals surface area contributed by atoms with Gasteiger partial charge in [0.25, 0.3) is 0 Å². The van der Waals surface area contributed by atoms with E-state index in [4.69, 9.17) is 16.0 Å². The maximum Gasteiger partial charge on any atom is 0.131 e. The summed E-state index contributed by atoms with van der Waals surface area (Å²) in [6.07, 6.45) is 1.95. The monoisotopic (exact) mass is 268 g/mol. The normalized spacial score (nSPS) is 10.8. The minimum absolute atomic E-state index is 0.288. The Bertz CT molecular complexity index is 630. The lowest BCUT2D eigenvalue weighted by atomic mass is 10.1. The highest BCUT2D eigenvalue weighted by molar-refractivity contribution is 5.71. The molecular weight excluding hydrogens is 248 g/mol. The Hall–Kier alpha value is -2.28. The van der Waals surface area contributed by atoms with Gasteiger partial charge >= 0.3 is 0 Å². The van der Waals surface area contributed by atoms with Crippen LogP contribution in [0, 0.1) is 11.3 Å². The number of imidazole rings is 1. The van der Waals surface area contributed by atoms with E-state index in [1.165, 1.54) is 0 Å². The van der Waals surface area contributed by atoms with Gasteiger partial charge in [0.05, 0.1) is 11.6 Å². The summed E-state index contributed by atoms with van der Waals surface area (Å²) >= 11 is 0. The van der Waals surface area contributed by atoms with Gasteiger partial charge in [0.15, 0.2) is 0 Å². The van der Waals surface area contributed by atoms with Gasteiger partial charge in [-0.2, -0.15) is 5.26 Å². The van der Waals surface area contributed by atoms with Crippen molar-refractivity contribution in [1.82, 2.24) is 9.55 Å². The number of hydrogen-bond donors (Lipinski definition) is 1. The third kappa shape index (κ3) is 2.53. The van der Waals surface area contributed by atoms with Gasteiger partial charge < -0.3 is 10.3 Å². The summed E-state index contributed by atoms with van der Waals surface area (Å²) in [4.78, 5) is 4.70. The summed E-state index contributed by atoms with van der Waals surface area (Å²) < 4.78 is 2.09. The van der Waals surface area contributed by atoms with Crippen LogP contribution in [0.1, 0.15) is 44.6 Å². The summed E-state index contributed by atoms with van der Waals surface area (Å²) in [7, 11) is 0. The second kappa shape index (κ2) is 5.79. The molecule has 0 aliphatic rings. The average Bonchev–Trinajstić information content (AvgIpc) is 2.76. The van der Waals surface area contributed by atoms with E-state index in [1.807, 2.05) is 12.1 Å². The number of benzene rings is 1. The molecule has 1 aromatic heterocycles. The molecule has 2 N–H and O–H groups in total. The molecule has 20 heavy (non-hydrogen) atoms. The highest BCUT2D eigenvalue weighted by Crippen LogP contribution is 2.29. The SMILES string of the molecule is CCCc1nc(-c2ccc(C#N)cc2)c(N)n1C(C)C. The topological polar surface area (TPSA) is 67.6 Å². The van der Waals surface area contributed by atoms with Crippen LogP contribution in [0.4, 0.5) is 5.82 Å². The molecule has 0 aliphatic carbocycles. The van der Waals surface area contributed by atoms with E-state index in [2.05, 4.69) is 31.4 Å². The van der Waals surface area contributed by atoms with Crippen LogP contribution in [0.5, 0.6) is 0 Å². The number of anilines is 1. The van der Waals surface area contributed by atoms with Gasteiger partial charge in [-0.1, -0.05) is 19.1 Å². The maximum absolute atomic E-state index is 8.85. The number of nitrogen functional groups attached to an aromatic ring is 1. The predicted molar refractivity (Wildman–Crippen MR) is 81.2 cm³/mol. The van der Waals surface area contributed by atoms with E-state index in [-0.39, 0.29) is 6.04 Å². The molecular formula is C16H20N4. The van der Waals surface area contributed by atoms with Crippen molar-refractivity contribution in [3.8, 4) is 17.3 Å². The Morgan fingerprint density at radius 3 is 2.45 bits per heavy atom. The molecule has 0 atom stereocenters. The summed E-state index contributed by atoms with van der Waals surface area (Å²) in [5.41, 5.74) is 8.68. The Balaban J connectivity index is 2.51. The van der Waals surface area contributed by atoms with Crippen molar-refractivity contribution in [2.45, 2.75) is 39.7 Å². The number of nitrogens with two attached hydrogens (primary N) is 1. The molecule has 1 aromatic carbocycles. The molecule has 0 bridgehead atoms. The summed E-state index contributed by atoms with van der Waals surface area (Å²) in [5.74, 6) is 1.73. The zero-order valence-corrected chi connectivity index (χ0v) is 12.2. The molecule has 0 amide bonds. The molecule has 0 saturated heterocycles. The number of aromatic nitrogens is 2. The zero-order valence-electron chi connectivity index (χ0n) is 12.2. The van der Waals surface area contributed by atoms with Crippen molar-refractivity contribution in [1.29, 1.82) is 5.26 Å². The largest absolute Gasteiger partial charge is 0.383 e. The van der Waals surface area contributed by atoms with Crippen molar-refractivity contribution < 1.29 is 0 Å². The van der Waals surface area contributed by atoms with E-state index in [9.17, 15) is 0 Å². The zero-order chi connectivity index (χ0) is 14.7. The second-order valence-corrected chi connectivity index (χ2v) is 5.16. The molecule has 0 radical (unpaired) electrons. The van der Waals surface area contributed by atoms with Crippen LogP contribution >= 0.6 is 0 Å². The van der Waals surface area contributed by atoms with Crippen molar-refractivity contribution in [3.63, 3.8) is 0 Å². The van der Waals surface area contributed by atoms with Crippen molar-refractivity contribution in [2.24, 2.45) is 0 Å². The lowest BCUT2D eigenvalue weighted by Gasteiger charge is -2.13. The van der Waals surface area contributed by atoms with E-state index >= 15 is 0 Å². The van der Waals surface area contributed by atoms with Gasteiger partial charge in [0.2, 0.25) is 0 Å². The summed E-state index contributed by atoms with van der Waals surface area (Å²) in [5, 5.41) is 8.85. The Labute approximate surface area is 119 Å². The van der Waals surface area contributed by atoms with Crippen LogP contribution in [-0.4, -0.2) is 9.55 Å². The van der Waals surface area contributed by atoms with E-state index in [0.29, 0.717) is 11.4 Å². The molecule has 0 spiro atoms. The smallest absolute Gasteiger partial charge is 0.131 e. The van der Waals surface area contributed by atoms with Gasteiger partial charge in [-0.05, 0) is 32.4 Å². The molecule has 4 heteroatoms. The van der Waals surface area contributed by atoms with Crippen LogP contribution in [0.3, 0.4) is 0 Å². The Morgan fingerprint density at radius 1 is 1.30 bits per heavy atom. The third-order valence-electron chi connectivity index (χ3n) is 3.30. The highest BCUT2D eigenvalue weighted by atomic mass is 15.2. The van der Waals surface area contributed by atoms with Gasteiger partial charge in [-0.15, -0.1) is 0 Å². The molecule has 4 nitrogen and oxygen atoms in total. The predicted octanol–water partition coefficient (Wildman–Crippen LogP) is 3.54. The third-order valence-corrected chi connectivity index (χ3v) is 3.30. The molecule has 1 heterocycles. The fraction of sp³-hybridized carbons (Fsp3) is 0.375. The molecule has 104 valence electrons. The summed E-state index contributed by atoms with van der Waals surface area (Å²) in [6, 6.07) is 9.80. The van der Waals surface area contributed by atoms with Crippen molar-refractivity contribution in [3.05, 3.63) is 35.7 Å². The van der Waals surface area contributed by atoms with E-state index in [1.54, 1.807) is 12.1 Å². The standard InChI is InChI=1S/C16H20N4/c1-4-5-14-19-15(16(18)20(14)11(2)3)13-8-6-12(10-17)7-9-13/h6-9,11H,4-5,18H2,1-3H3. The van der Waals surface area contributed by atoms with Crippen molar-refractivity contribution >= 4 is 5.82 Å². The van der Waals surface area contributed by atoms with Crippen LogP contribution in [-0.2, 0) is 6.42 Å². The lowest BCUT2D eigenvalue weighted by molar-refractivity contribution is 0.571. The van der Waals surface area contributed by atoms with Gasteiger partial charge in [0.1, 0.15) is 17.3 Å². The quantitative estimate of drug-likeness (QED) is 0.922. The van der Waals surface area contributed by atoms with Gasteiger partial charge in [-0.25, -0.2) is 4.98 Å². The first-order valence-electron chi connectivity index (χ1n) is 6.95. The fourth-order valence-corrected chi connectivity index (χ4v) is 2.38.